The standard InChI is InChI=1S/C34H51F2N7O6/c1-2-4-25-17-39-32(40-18-25)42-10-6-24(7-11-42)5-3-12-49-27-13-29(35)28(30(36)14-27)15-31(47)43-19-26(20-43)16-37-8-9-38-33(48)41-34(21-44,22-45)23-46/h13-14,17-18,24,26,37,44-46H,2-12,15-16,19-23H2,1H3,(H2,38,41,48). The van der Waals surface area contributed by atoms with Crippen LogP contribution in [-0.2, 0) is 17.6 Å². The highest BCUT2D eigenvalue weighted by atomic mass is 19.1. The highest BCUT2D eigenvalue weighted by Crippen LogP contribution is 2.26. The summed E-state index contributed by atoms with van der Waals surface area (Å²) in [5.41, 5.74) is -0.618. The van der Waals surface area contributed by atoms with E-state index in [1.54, 1.807) is 4.90 Å². The van der Waals surface area contributed by atoms with Crippen molar-refractivity contribution < 1.29 is 38.4 Å². The summed E-state index contributed by atoms with van der Waals surface area (Å²) in [7, 11) is 0. The molecule has 0 spiro atoms. The van der Waals surface area contributed by atoms with Gasteiger partial charge >= 0.3 is 6.03 Å². The van der Waals surface area contributed by atoms with Crippen LogP contribution in [0.25, 0.3) is 0 Å². The zero-order valence-electron chi connectivity index (χ0n) is 28.3. The Bertz CT molecular complexity index is 1310. The number of anilines is 1. The van der Waals surface area contributed by atoms with Crippen LogP contribution in [0.3, 0.4) is 0 Å². The third-order valence-corrected chi connectivity index (χ3v) is 9.21. The first-order valence-electron chi connectivity index (χ1n) is 17.2. The summed E-state index contributed by atoms with van der Waals surface area (Å²) in [6.07, 6.45) is 9.30. The fourth-order valence-electron chi connectivity index (χ4n) is 6.03. The molecule has 0 unspecified atom stereocenters. The lowest BCUT2D eigenvalue weighted by Crippen LogP contribution is -2.59. The molecule has 2 fully saturated rings. The lowest BCUT2D eigenvalue weighted by molar-refractivity contribution is -0.136. The van der Waals surface area contributed by atoms with E-state index in [0.717, 1.165) is 75.3 Å². The maximum atomic E-state index is 14.8. The molecule has 2 aliphatic heterocycles. The van der Waals surface area contributed by atoms with E-state index in [4.69, 9.17) is 4.74 Å². The van der Waals surface area contributed by atoms with E-state index in [-0.39, 0.29) is 36.1 Å². The van der Waals surface area contributed by atoms with Crippen LogP contribution in [-0.4, -0.2) is 120 Å². The molecule has 6 N–H and O–H groups in total. The van der Waals surface area contributed by atoms with Crippen LogP contribution in [0, 0.1) is 23.5 Å². The maximum absolute atomic E-state index is 14.8. The molecule has 272 valence electrons. The van der Waals surface area contributed by atoms with Gasteiger partial charge < -0.3 is 45.8 Å². The topological polar surface area (TPSA) is 172 Å². The number of carbonyl (C=O) groups excluding carboxylic acids is 2. The van der Waals surface area contributed by atoms with Crippen molar-refractivity contribution in [2.45, 2.75) is 57.4 Å². The molecule has 0 saturated carbocycles. The van der Waals surface area contributed by atoms with Gasteiger partial charge in [0.15, 0.2) is 0 Å². The molecule has 1 aromatic carbocycles. The molecular formula is C34H51F2N7O6. The van der Waals surface area contributed by atoms with Crippen molar-refractivity contribution in [3.63, 3.8) is 0 Å². The molecule has 2 saturated heterocycles. The third-order valence-electron chi connectivity index (χ3n) is 9.21. The second-order valence-corrected chi connectivity index (χ2v) is 13.1. The average Bonchev–Trinajstić information content (AvgIpc) is 3.08. The van der Waals surface area contributed by atoms with E-state index in [1.165, 1.54) is 0 Å². The van der Waals surface area contributed by atoms with E-state index in [2.05, 4.69) is 37.7 Å². The first kappa shape index (κ1) is 38.1. The number of benzene rings is 1. The minimum atomic E-state index is -1.50. The van der Waals surface area contributed by atoms with Gasteiger partial charge in [0, 0.05) is 81.8 Å². The van der Waals surface area contributed by atoms with E-state index in [9.17, 15) is 33.7 Å². The predicted octanol–water partition coefficient (Wildman–Crippen LogP) is 1.39. The number of halogens is 2. The number of aliphatic hydroxyl groups is 3. The monoisotopic (exact) mass is 691 g/mol. The summed E-state index contributed by atoms with van der Waals surface area (Å²) < 4.78 is 35.3. The molecule has 3 heterocycles. The highest BCUT2D eigenvalue weighted by Gasteiger charge is 2.32. The van der Waals surface area contributed by atoms with Crippen molar-refractivity contribution in [1.82, 2.24) is 30.8 Å². The fraction of sp³-hybridized carbons (Fsp3) is 0.647. The minimum Gasteiger partial charge on any atom is -0.493 e. The zero-order valence-corrected chi connectivity index (χ0v) is 28.3. The number of ether oxygens (including phenoxy) is 1. The molecule has 4 rings (SSSR count). The van der Waals surface area contributed by atoms with Crippen LogP contribution in [0.4, 0.5) is 19.5 Å². The van der Waals surface area contributed by atoms with Gasteiger partial charge in [-0.25, -0.2) is 23.5 Å². The van der Waals surface area contributed by atoms with Gasteiger partial charge in [0.1, 0.15) is 22.9 Å². The molecule has 0 bridgehead atoms. The van der Waals surface area contributed by atoms with Crippen LogP contribution in [0.15, 0.2) is 24.5 Å². The summed E-state index contributed by atoms with van der Waals surface area (Å²) in [6, 6.07) is 1.65. The van der Waals surface area contributed by atoms with Crippen molar-refractivity contribution >= 4 is 17.9 Å². The van der Waals surface area contributed by atoms with Crippen LogP contribution in [0.2, 0.25) is 0 Å². The number of hydrogen-bond acceptors (Lipinski definition) is 10. The molecular weight excluding hydrogens is 640 g/mol. The van der Waals surface area contributed by atoms with Gasteiger partial charge in [0.25, 0.3) is 0 Å². The summed E-state index contributed by atoms with van der Waals surface area (Å²) in [5, 5.41) is 35.9. The Labute approximate surface area is 286 Å². The number of piperidine rings is 1. The number of nitrogens with one attached hydrogen (secondary N) is 3. The normalized spacial score (nSPS) is 15.6. The van der Waals surface area contributed by atoms with Gasteiger partial charge in [-0.1, -0.05) is 13.3 Å². The molecule has 0 radical (unpaired) electrons. The van der Waals surface area contributed by atoms with Crippen LogP contribution in [0.1, 0.15) is 50.2 Å². The number of likely N-dealkylation sites (tertiary alicyclic amines) is 1. The van der Waals surface area contributed by atoms with Crippen molar-refractivity contribution in [2.75, 3.05) is 77.1 Å². The third kappa shape index (κ3) is 11.2. The molecule has 1 aromatic heterocycles. The Kier molecular flexibility index (Phi) is 14.7. The second-order valence-electron chi connectivity index (χ2n) is 13.1. The molecule has 0 atom stereocenters. The molecule has 2 aromatic rings. The Balaban J connectivity index is 1.08. The number of nitrogens with zero attached hydrogens (tertiary/aromatic N) is 4. The number of hydrogen-bond donors (Lipinski definition) is 6. The van der Waals surface area contributed by atoms with Crippen molar-refractivity contribution in [3.05, 3.63) is 47.3 Å². The molecule has 15 heteroatoms. The van der Waals surface area contributed by atoms with E-state index >= 15 is 0 Å². The minimum absolute atomic E-state index is 0.112. The second kappa shape index (κ2) is 18.9. The molecule has 3 amide bonds. The van der Waals surface area contributed by atoms with Gasteiger partial charge in [-0.15, -0.1) is 0 Å². The largest absolute Gasteiger partial charge is 0.493 e. The van der Waals surface area contributed by atoms with Gasteiger partial charge in [0.05, 0.1) is 32.8 Å². The number of rotatable bonds is 19. The summed E-state index contributed by atoms with van der Waals surface area (Å²) in [6.45, 7) is 4.61. The number of amides is 3. The first-order valence-corrected chi connectivity index (χ1v) is 17.2. The molecule has 2 aliphatic rings. The SMILES string of the molecule is CCCc1cnc(N2CCC(CCCOc3cc(F)c(CC(=O)N4CC(CNCCNC(=O)NC(CO)(CO)CO)C4)c(F)c3)CC2)nc1. The van der Waals surface area contributed by atoms with E-state index < -0.39 is 43.0 Å². The molecule has 13 nitrogen and oxygen atoms in total. The van der Waals surface area contributed by atoms with E-state index in [1.807, 2.05) is 12.4 Å². The van der Waals surface area contributed by atoms with Crippen molar-refractivity contribution in [1.29, 1.82) is 0 Å². The smallest absolute Gasteiger partial charge is 0.315 e. The Hall–Kier alpha value is -3.66. The van der Waals surface area contributed by atoms with Crippen LogP contribution >= 0.6 is 0 Å². The molecule has 49 heavy (non-hydrogen) atoms. The number of urea groups is 1. The fourth-order valence-corrected chi connectivity index (χ4v) is 6.03. The predicted molar refractivity (Wildman–Crippen MR) is 179 cm³/mol. The number of aliphatic hydroxyl groups excluding tert-OH is 3. The summed E-state index contributed by atoms with van der Waals surface area (Å²) >= 11 is 0. The van der Waals surface area contributed by atoms with Gasteiger partial charge in [0.2, 0.25) is 11.9 Å². The molecule has 0 aliphatic carbocycles. The van der Waals surface area contributed by atoms with Crippen molar-refractivity contribution in [2.24, 2.45) is 11.8 Å². The van der Waals surface area contributed by atoms with Gasteiger partial charge in [-0.2, -0.15) is 0 Å². The summed E-state index contributed by atoms with van der Waals surface area (Å²) in [5.74, 6) is -0.350. The Morgan fingerprint density at radius 2 is 1.65 bits per heavy atom. The maximum Gasteiger partial charge on any atom is 0.315 e. The van der Waals surface area contributed by atoms with Gasteiger partial charge in [-0.05, 0) is 43.6 Å². The Morgan fingerprint density at radius 1 is 1.00 bits per heavy atom. The van der Waals surface area contributed by atoms with Crippen LogP contribution in [0.5, 0.6) is 5.75 Å². The lowest BCUT2D eigenvalue weighted by Gasteiger charge is -2.39. The highest BCUT2D eigenvalue weighted by molar-refractivity contribution is 5.79. The average molecular weight is 692 g/mol. The first-order chi connectivity index (χ1) is 23.7. The number of aromatic nitrogens is 2. The van der Waals surface area contributed by atoms with Crippen molar-refractivity contribution in [3.8, 4) is 5.75 Å². The van der Waals surface area contributed by atoms with E-state index in [0.29, 0.717) is 38.7 Å². The quantitative estimate of drug-likeness (QED) is 0.118. The zero-order chi connectivity index (χ0) is 35.2. The number of carbonyl (C=O) groups is 2. The summed E-state index contributed by atoms with van der Waals surface area (Å²) in [4.78, 5) is 37.4. The van der Waals surface area contributed by atoms with Crippen LogP contribution < -0.4 is 25.6 Å². The Morgan fingerprint density at radius 3 is 2.27 bits per heavy atom. The van der Waals surface area contributed by atoms with Gasteiger partial charge in [-0.3, -0.25) is 4.79 Å². The lowest BCUT2D eigenvalue weighted by atomic mass is 9.92. The number of aryl methyl sites for hydroxylation is 1.